The van der Waals surface area contributed by atoms with Crippen molar-refractivity contribution in [1.82, 2.24) is 0 Å². The molecule has 0 bridgehead atoms. The second kappa shape index (κ2) is 6.40. The van der Waals surface area contributed by atoms with Crippen LogP contribution in [0.1, 0.15) is 20.7 Å². The fourth-order valence-corrected chi connectivity index (χ4v) is 1.54. The molecule has 2 rings (SSSR count). The van der Waals surface area contributed by atoms with Gasteiger partial charge >= 0.3 is 18.1 Å². The smallest absolute Gasteiger partial charge is 0.478 e. The molecule has 0 aliphatic rings. The monoisotopic (exact) mass is 302 g/mol. The van der Waals surface area contributed by atoms with Gasteiger partial charge in [-0.25, -0.2) is 14.4 Å². The molecule has 2 aromatic rings. The maximum Gasteiger partial charge on any atom is 0.519 e. The first-order valence-electron chi connectivity index (χ1n) is 6.02. The van der Waals surface area contributed by atoms with E-state index >= 15 is 0 Å². The maximum absolute atomic E-state index is 11.5. The van der Waals surface area contributed by atoms with Gasteiger partial charge in [-0.2, -0.15) is 0 Å². The molecule has 0 aromatic heterocycles. The Bertz CT molecular complexity index is 640. The highest BCUT2D eigenvalue weighted by Gasteiger charge is 2.10. The molecule has 0 aliphatic carbocycles. The van der Waals surface area contributed by atoms with E-state index in [1.807, 2.05) is 0 Å². The SMILES string of the molecule is O=C(Oc1ccc(C(=O)O)cc1)Oc1ccc(C(=O)O)cc1. The van der Waals surface area contributed by atoms with E-state index in [2.05, 4.69) is 0 Å². The van der Waals surface area contributed by atoms with Crippen LogP contribution in [0, 0.1) is 0 Å². The first-order valence-corrected chi connectivity index (χ1v) is 6.02. The van der Waals surface area contributed by atoms with Crippen LogP contribution in [0.3, 0.4) is 0 Å². The van der Waals surface area contributed by atoms with Gasteiger partial charge in [0.2, 0.25) is 0 Å². The van der Waals surface area contributed by atoms with Crippen LogP contribution in [0.25, 0.3) is 0 Å². The van der Waals surface area contributed by atoms with E-state index in [1.54, 1.807) is 0 Å². The lowest BCUT2D eigenvalue weighted by atomic mass is 10.2. The number of ether oxygens (including phenoxy) is 2. The van der Waals surface area contributed by atoms with Crippen molar-refractivity contribution >= 4 is 18.1 Å². The highest BCUT2D eigenvalue weighted by atomic mass is 16.7. The molecule has 7 heteroatoms. The van der Waals surface area contributed by atoms with Gasteiger partial charge in [-0.05, 0) is 48.5 Å². The number of aromatic carboxylic acids is 2. The van der Waals surface area contributed by atoms with Crippen molar-refractivity contribution in [3.8, 4) is 11.5 Å². The minimum Gasteiger partial charge on any atom is -0.478 e. The number of carboxylic acid groups (broad SMARTS) is 2. The second-order valence-electron chi connectivity index (χ2n) is 4.11. The molecule has 0 aliphatic heterocycles. The normalized spacial score (nSPS) is 9.82. The molecule has 0 heterocycles. The lowest BCUT2D eigenvalue weighted by Crippen LogP contribution is -2.14. The molecule has 0 fully saturated rings. The number of carbonyl (C=O) groups is 3. The van der Waals surface area contributed by atoms with Crippen LogP contribution >= 0.6 is 0 Å². The molecular weight excluding hydrogens is 292 g/mol. The Morgan fingerprint density at radius 1 is 0.636 bits per heavy atom. The van der Waals surface area contributed by atoms with Crippen LogP contribution in [0.2, 0.25) is 0 Å². The standard InChI is InChI=1S/C15H10O7/c16-13(17)9-1-5-11(6-2-9)21-15(20)22-12-7-3-10(4-8-12)14(18)19/h1-8H,(H,16,17)(H,18,19). The Balaban J connectivity index is 1.97. The summed E-state index contributed by atoms with van der Waals surface area (Å²) in [5.74, 6) is -1.94. The van der Waals surface area contributed by atoms with Gasteiger partial charge in [0, 0.05) is 0 Å². The molecule has 0 amide bonds. The summed E-state index contributed by atoms with van der Waals surface area (Å²) in [6, 6.07) is 10.4. The van der Waals surface area contributed by atoms with Crippen molar-refractivity contribution in [2.75, 3.05) is 0 Å². The zero-order valence-electron chi connectivity index (χ0n) is 11.1. The fraction of sp³-hybridized carbons (Fsp3) is 0. The molecule has 2 N–H and O–H groups in total. The van der Waals surface area contributed by atoms with Gasteiger partial charge in [0.1, 0.15) is 11.5 Å². The van der Waals surface area contributed by atoms with Crippen molar-refractivity contribution in [2.24, 2.45) is 0 Å². The third-order valence-corrected chi connectivity index (χ3v) is 2.60. The largest absolute Gasteiger partial charge is 0.519 e. The highest BCUT2D eigenvalue weighted by molar-refractivity contribution is 5.88. The van der Waals surface area contributed by atoms with Gasteiger partial charge in [0.15, 0.2) is 0 Å². The summed E-state index contributed by atoms with van der Waals surface area (Å²) in [4.78, 5) is 32.9. The lowest BCUT2D eigenvalue weighted by Gasteiger charge is -2.06. The molecular formula is C15H10O7. The quantitative estimate of drug-likeness (QED) is 0.659. The molecule has 0 unspecified atom stereocenters. The zero-order chi connectivity index (χ0) is 16.1. The van der Waals surface area contributed by atoms with Crippen LogP contribution < -0.4 is 9.47 Å². The van der Waals surface area contributed by atoms with Crippen molar-refractivity contribution in [3.63, 3.8) is 0 Å². The highest BCUT2D eigenvalue weighted by Crippen LogP contribution is 2.16. The lowest BCUT2D eigenvalue weighted by molar-refractivity contribution is 0.0686. The summed E-state index contributed by atoms with van der Waals surface area (Å²) >= 11 is 0. The van der Waals surface area contributed by atoms with Crippen molar-refractivity contribution in [2.45, 2.75) is 0 Å². The molecule has 0 atom stereocenters. The van der Waals surface area contributed by atoms with Crippen LogP contribution in [0.15, 0.2) is 48.5 Å². The number of benzene rings is 2. The van der Waals surface area contributed by atoms with Crippen LogP contribution in [-0.4, -0.2) is 28.3 Å². The Morgan fingerprint density at radius 3 is 1.23 bits per heavy atom. The maximum atomic E-state index is 11.5. The Hall–Kier alpha value is -3.35. The second-order valence-corrected chi connectivity index (χ2v) is 4.11. The first kappa shape index (κ1) is 15.0. The van der Waals surface area contributed by atoms with Crippen LogP contribution in [0.5, 0.6) is 11.5 Å². The van der Waals surface area contributed by atoms with Crippen LogP contribution in [-0.2, 0) is 0 Å². The van der Waals surface area contributed by atoms with Gasteiger partial charge in [-0.15, -0.1) is 0 Å². The van der Waals surface area contributed by atoms with Gasteiger partial charge < -0.3 is 19.7 Å². The fourth-order valence-electron chi connectivity index (χ4n) is 1.54. The van der Waals surface area contributed by atoms with Crippen LogP contribution in [0.4, 0.5) is 4.79 Å². The summed E-state index contributed by atoms with van der Waals surface area (Å²) in [5, 5.41) is 17.5. The average molecular weight is 302 g/mol. The molecule has 0 spiro atoms. The van der Waals surface area contributed by atoms with E-state index in [1.165, 1.54) is 48.5 Å². The number of carbonyl (C=O) groups excluding carboxylic acids is 1. The van der Waals surface area contributed by atoms with E-state index in [0.29, 0.717) is 0 Å². The Kier molecular flexibility index (Phi) is 4.38. The predicted molar refractivity (Wildman–Crippen MR) is 73.5 cm³/mol. The van der Waals surface area contributed by atoms with E-state index in [-0.39, 0.29) is 22.6 Å². The molecule has 22 heavy (non-hydrogen) atoms. The Labute approximate surface area is 124 Å². The molecule has 112 valence electrons. The number of hydrogen-bond acceptors (Lipinski definition) is 5. The molecule has 0 saturated heterocycles. The molecule has 7 nitrogen and oxygen atoms in total. The summed E-state index contributed by atoms with van der Waals surface area (Å²) in [5.41, 5.74) is 0.120. The van der Waals surface area contributed by atoms with E-state index in [0.717, 1.165) is 0 Å². The number of hydrogen-bond donors (Lipinski definition) is 2. The van der Waals surface area contributed by atoms with E-state index < -0.39 is 18.1 Å². The van der Waals surface area contributed by atoms with Crippen molar-refractivity contribution < 1.29 is 34.1 Å². The topological polar surface area (TPSA) is 110 Å². The molecule has 2 aromatic carbocycles. The first-order chi connectivity index (χ1) is 10.5. The average Bonchev–Trinajstić information content (AvgIpc) is 2.48. The molecule has 0 saturated carbocycles. The van der Waals surface area contributed by atoms with Crippen molar-refractivity contribution in [1.29, 1.82) is 0 Å². The van der Waals surface area contributed by atoms with Gasteiger partial charge in [-0.3, -0.25) is 0 Å². The summed E-state index contributed by atoms with van der Waals surface area (Å²) in [7, 11) is 0. The molecule has 0 radical (unpaired) electrons. The van der Waals surface area contributed by atoms with E-state index in [4.69, 9.17) is 19.7 Å². The zero-order valence-corrected chi connectivity index (χ0v) is 11.1. The Morgan fingerprint density at radius 2 is 0.955 bits per heavy atom. The van der Waals surface area contributed by atoms with Gasteiger partial charge in [0.05, 0.1) is 11.1 Å². The number of carboxylic acids is 2. The predicted octanol–water partition coefficient (Wildman–Crippen LogP) is 2.66. The minimum absolute atomic E-state index is 0.0602. The van der Waals surface area contributed by atoms with Gasteiger partial charge in [0.25, 0.3) is 0 Å². The summed E-state index contributed by atoms with van der Waals surface area (Å²) < 4.78 is 9.72. The number of rotatable bonds is 4. The van der Waals surface area contributed by atoms with Gasteiger partial charge in [-0.1, -0.05) is 0 Å². The van der Waals surface area contributed by atoms with Crippen molar-refractivity contribution in [3.05, 3.63) is 59.7 Å². The summed E-state index contributed by atoms with van der Waals surface area (Å²) in [6.45, 7) is 0. The third kappa shape index (κ3) is 3.83. The van der Waals surface area contributed by atoms with E-state index in [9.17, 15) is 14.4 Å². The third-order valence-electron chi connectivity index (χ3n) is 2.60. The summed E-state index contributed by atoms with van der Waals surface area (Å²) in [6.07, 6.45) is -1.02. The minimum atomic E-state index is -1.09.